The number of benzene rings is 2. The molecule has 10 heteroatoms. The van der Waals surface area contributed by atoms with E-state index in [0.717, 1.165) is 34.5 Å². The van der Waals surface area contributed by atoms with Gasteiger partial charge in [-0.05, 0) is 44.0 Å². The molecule has 1 atom stereocenters. The number of anilines is 1. The number of hydrogen-bond donors (Lipinski definition) is 1. The normalized spacial score (nSPS) is 12.1. The summed E-state index contributed by atoms with van der Waals surface area (Å²) in [6.07, 6.45) is 2.77. The average Bonchev–Trinajstić information content (AvgIpc) is 2.79. The fourth-order valence-corrected chi connectivity index (χ4v) is 4.64. The minimum atomic E-state index is -3.84. The predicted octanol–water partition coefficient (Wildman–Crippen LogP) is 3.76. The summed E-state index contributed by atoms with van der Waals surface area (Å²) in [7, 11) is -2.39. The van der Waals surface area contributed by atoms with Gasteiger partial charge in [0.2, 0.25) is 21.8 Å². The number of nitrogens with one attached hydrogen (secondary N) is 1. The van der Waals surface area contributed by atoms with Crippen LogP contribution in [0.1, 0.15) is 37.8 Å². The summed E-state index contributed by atoms with van der Waals surface area (Å²) in [6, 6.07) is 11.3. The highest BCUT2D eigenvalue weighted by Gasteiger charge is 2.30. The quantitative estimate of drug-likeness (QED) is 0.427. The van der Waals surface area contributed by atoms with Crippen molar-refractivity contribution in [3.8, 4) is 5.75 Å². The Morgan fingerprint density at radius 2 is 1.89 bits per heavy atom. The van der Waals surface area contributed by atoms with Gasteiger partial charge in [0, 0.05) is 13.1 Å². The number of sulfonamides is 1. The summed E-state index contributed by atoms with van der Waals surface area (Å²) >= 11 is 6.20. The number of carbonyl (C=O) groups excluding carboxylic acids is 2. The van der Waals surface area contributed by atoms with E-state index in [1.54, 1.807) is 6.92 Å². The molecular weight excluding hydrogens is 490 g/mol. The molecule has 2 rings (SSSR count). The van der Waals surface area contributed by atoms with Crippen molar-refractivity contribution in [3.05, 3.63) is 58.6 Å². The molecule has 2 amide bonds. The van der Waals surface area contributed by atoms with E-state index in [1.807, 2.05) is 38.1 Å². The van der Waals surface area contributed by atoms with Gasteiger partial charge in [-0.15, -0.1) is 0 Å². The molecule has 0 aliphatic heterocycles. The summed E-state index contributed by atoms with van der Waals surface area (Å²) < 4.78 is 31.4. The van der Waals surface area contributed by atoms with Crippen LogP contribution in [0.4, 0.5) is 5.69 Å². The number of nitrogens with zero attached hydrogens (tertiary/aromatic N) is 2. The lowest BCUT2D eigenvalue weighted by atomic mass is 10.1. The maximum absolute atomic E-state index is 13.5. The minimum absolute atomic E-state index is 0.157. The summed E-state index contributed by atoms with van der Waals surface area (Å²) in [5.41, 5.74) is 2.08. The summed E-state index contributed by atoms with van der Waals surface area (Å²) in [4.78, 5) is 27.8. The second-order valence-electron chi connectivity index (χ2n) is 8.42. The molecule has 0 heterocycles. The molecule has 192 valence electrons. The maximum Gasteiger partial charge on any atom is 0.244 e. The van der Waals surface area contributed by atoms with E-state index in [9.17, 15) is 18.0 Å². The van der Waals surface area contributed by atoms with Gasteiger partial charge in [-0.25, -0.2) is 8.42 Å². The molecule has 0 unspecified atom stereocenters. The highest BCUT2D eigenvalue weighted by atomic mass is 35.5. The smallest absolute Gasteiger partial charge is 0.244 e. The van der Waals surface area contributed by atoms with E-state index in [2.05, 4.69) is 5.32 Å². The number of ether oxygens (including phenoxy) is 1. The molecule has 1 N–H and O–H groups in total. The van der Waals surface area contributed by atoms with Gasteiger partial charge in [-0.2, -0.15) is 0 Å². The van der Waals surface area contributed by atoms with Crippen LogP contribution >= 0.6 is 11.6 Å². The minimum Gasteiger partial charge on any atom is -0.495 e. The Hall–Kier alpha value is -2.78. The van der Waals surface area contributed by atoms with Crippen LogP contribution in [-0.4, -0.2) is 57.6 Å². The van der Waals surface area contributed by atoms with Crippen molar-refractivity contribution in [3.63, 3.8) is 0 Å². The molecule has 0 radical (unpaired) electrons. The topological polar surface area (TPSA) is 96.0 Å². The first-order valence-electron chi connectivity index (χ1n) is 11.4. The molecule has 0 saturated heterocycles. The second-order valence-corrected chi connectivity index (χ2v) is 10.7. The van der Waals surface area contributed by atoms with E-state index < -0.39 is 28.5 Å². The number of aryl methyl sites for hydroxylation is 1. The van der Waals surface area contributed by atoms with Crippen LogP contribution < -0.4 is 14.4 Å². The lowest BCUT2D eigenvalue weighted by Crippen LogP contribution is -2.51. The van der Waals surface area contributed by atoms with Crippen LogP contribution in [0.3, 0.4) is 0 Å². The standard InChI is InChI=1S/C25H34ClN3O5S/c1-6-7-13-27-25(31)19(3)28(16-20-10-8-9-18(2)14-20)24(30)17-29(35(5,32)33)21-11-12-23(34-4)22(26)15-21/h8-12,14-15,19H,6-7,13,16-17H2,1-5H3,(H,27,31)/t19-/m0/s1. The first-order chi connectivity index (χ1) is 16.5. The second kappa shape index (κ2) is 12.8. The van der Waals surface area contributed by atoms with E-state index in [1.165, 1.54) is 30.2 Å². The molecule has 0 aliphatic rings. The third kappa shape index (κ3) is 8.14. The van der Waals surface area contributed by atoms with Crippen molar-refractivity contribution < 1.29 is 22.7 Å². The van der Waals surface area contributed by atoms with E-state index in [4.69, 9.17) is 16.3 Å². The Balaban J connectivity index is 2.38. The molecule has 35 heavy (non-hydrogen) atoms. The Bertz CT molecular complexity index is 1140. The molecule has 0 fully saturated rings. The molecule has 0 aliphatic carbocycles. The van der Waals surface area contributed by atoms with Gasteiger partial charge in [-0.1, -0.05) is 54.8 Å². The number of rotatable bonds is 12. The van der Waals surface area contributed by atoms with Crippen LogP contribution in [0, 0.1) is 6.92 Å². The molecular formula is C25H34ClN3O5S. The Kier molecular flexibility index (Phi) is 10.4. The fraction of sp³-hybridized carbons (Fsp3) is 0.440. The number of halogens is 1. The predicted molar refractivity (Wildman–Crippen MR) is 139 cm³/mol. The highest BCUT2D eigenvalue weighted by Crippen LogP contribution is 2.30. The van der Waals surface area contributed by atoms with Crippen LogP contribution in [0.5, 0.6) is 5.75 Å². The summed E-state index contributed by atoms with van der Waals surface area (Å²) in [6.45, 7) is 5.78. The largest absolute Gasteiger partial charge is 0.495 e. The van der Waals surface area contributed by atoms with Gasteiger partial charge in [0.05, 0.1) is 24.1 Å². The average molecular weight is 524 g/mol. The van der Waals surface area contributed by atoms with Crippen LogP contribution in [-0.2, 0) is 26.2 Å². The lowest BCUT2D eigenvalue weighted by Gasteiger charge is -2.31. The lowest BCUT2D eigenvalue weighted by molar-refractivity contribution is -0.139. The number of methoxy groups -OCH3 is 1. The van der Waals surface area contributed by atoms with Crippen molar-refractivity contribution in [2.24, 2.45) is 0 Å². The Labute approximate surface area is 213 Å². The highest BCUT2D eigenvalue weighted by molar-refractivity contribution is 7.92. The molecule has 0 aromatic heterocycles. The zero-order chi connectivity index (χ0) is 26.2. The number of amides is 2. The van der Waals surface area contributed by atoms with Crippen LogP contribution in [0.25, 0.3) is 0 Å². The van der Waals surface area contributed by atoms with Crippen molar-refractivity contribution >= 4 is 39.1 Å². The van der Waals surface area contributed by atoms with Gasteiger partial charge in [0.1, 0.15) is 18.3 Å². The molecule has 0 bridgehead atoms. The van der Waals surface area contributed by atoms with Crippen LogP contribution in [0.15, 0.2) is 42.5 Å². The Morgan fingerprint density at radius 3 is 2.46 bits per heavy atom. The summed E-state index contributed by atoms with van der Waals surface area (Å²) in [5, 5.41) is 3.07. The SMILES string of the molecule is CCCCNC(=O)[C@H](C)N(Cc1cccc(C)c1)C(=O)CN(c1ccc(OC)c(Cl)c1)S(C)(=O)=O. The molecule has 0 saturated carbocycles. The Morgan fingerprint density at radius 1 is 1.17 bits per heavy atom. The van der Waals surface area contributed by atoms with Crippen molar-refractivity contribution in [1.29, 1.82) is 0 Å². The van der Waals surface area contributed by atoms with Crippen molar-refractivity contribution in [2.45, 2.75) is 46.2 Å². The zero-order valence-electron chi connectivity index (χ0n) is 20.9. The van der Waals surface area contributed by atoms with Crippen molar-refractivity contribution in [2.75, 3.05) is 30.8 Å². The maximum atomic E-state index is 13.5. The molecule has 2 aromatic rings. The molecule has 8 nitrogen and oxygen atoms in total. The third-order valence-electron chi connectivity index (χ3n) is 5.53. The monoisotopic (exact) mass is 523 g/mol. The van der Waals surface area contributed by atoms with Crippen LogP contribution in [0.2, 0.25) is 5.02 Å². The third-order valence-corrected chi connectivity index (χ3v) is 6.97. The first kappa shape index (κ1) is 28.5. The van der Waals surface area contributed by atoms with Crippen molar-refractivity contribution in [1.82, 2.24) is 10.2 Å². The summed E-state index contributed by atoms with van der Waals surface area (Å²) in [5.74, 6) is -0.423. The van der Waals surface area contributed by atoms with Gasteiger partial charge < -0.3 is 15.0 Å². The van der Waals surface area contributed by atoms with Gasteiger partial charge in [0.25, 0.3) is 0 Å². The molecule has 0 spiro atoms. The zero-order valence-corrected chi connectivity index (χ0v) is 22.4. The van der Waals surface area contributed by atoms with E-state index >= 15 is 0 Å². The number of unbranched alkanes of at least 4 members (excludes halogenated alkanes) is 1. The van der Waals surface area contributed by atoms with E-state index in [-0.39, 0.29) is 23.2 Å². The van der Waals surface area contributed by atoms with E-state index in [0.29, 0.717) is 12.3 Å². The number of carbonyl (C=O) groups is 2. The van der Waals surface area contributed by atoms with Gasteiger partial charge in [-0.3, -0.25) is 13.9 Å². The molecule has 2 aromatic carbocycles. The number of hydrogen-bond acceptors (Lipinski definition) is 5. The fourth-order valence-electron chi connectivity index (χ4n) is 3.55. The van der Waals surface area contributed by atoms with Gasteiger partial charge >= 0.3 is 0 Å². The first-order valence-corrected chi connectivity index (χ1v) is 13.6. The van der Waals surface area contributed by atoms with Gasteiger partial charge in [0.15, 0.2) is 0 Å².